The third-order valence-corrected chi connectivity index (χ3v) is 9.19. The Morgan fingerprint density at radius 3 is 2.71 bits per heavy atom. The Labute approximate surface area is 282 Å². The summed E-state index contributed by atoms with van der Waals surface area (Å²) in [7, 11) is 0. The number of anilines is 3. The molecule has 48 heavy (non-hydrogen) atoms. The highest BCUT2D eigenvalue weighted by molar-refractivity contribution is 7.21. The summed E-state index contributed by atoms with van der Waals surface area (Å²) in [6, 6.07) is 15.8. The van der Waals surface area contributed by atoms with E-state index in [9.17, 15) is 19.6 Å². The van der Waals surface area contributed by atoms with Crippen molar-refractivity contribution in [1.29, 1.82) is 5.26 Å². The summed E-state index contributed by atoms with van der Waals surface area (Å²) < 4.78 is 11.5. The minimum atomic E-state index is -0.774. The lowest BCUT2D eigenvalue weighted by Gasteiger charge is -2.33. The van der Waals surface area contributed by atoms with Crippen LogP contribution in [0.2, 0.25) is 0 Å². The zero-order chi connectivity index (χ0) is 34.0. The molecule has 1 fully saturated rings. The standard InChI is InChI=1S/C35H35N7O5S/c1-5-46-35(3,4)18-22(19-36)33(44)41-17-9-10-23(20-41)39-31(43)30-29-28-26(15-16-37-32(28)48-30)42(34(45)40-29)25-13-14-27(38-21(25)2)47-24-11-7-6-8-12-24/h6-8,11-16,18,23H,5,9-10,17,20H2,1-4H3,(H,39,43)(H,40,45). The second kappa shape index (κ2) is 13.4. The number of likely N-dealkylation sites (tertiary alicyclic amines) is 1. The molecule has 1 atom stereocenters. The zero-order valence-electron chi connectivity index (χ0n) is 27.1. The highest BCUT2D eigenvalue weighted by Crippen LogP contribution is 2.46. The number of hydrogen-bond acceptors (Lipinski definition) is 9. The van der Waals surface area contributed by atoms with Gasteiger partial charge < -0.3 is 25.0 Å². The van der Waals surface area contributed by atoms with Gasteiger partial charge in [0.25, 0.3) is 11.8 Å². The van der Waals surface area contributed by atoms with Crippen LogP contribution in [0.5, 0.6) is 11.6 Å². The van der Waals surface area contributed by atoms with Crippen LogP contribution in [0.4, 0.5) is 21.9 Å². The average molecular weight is 666 g/mol. The van der Waals surface area contributed by atoms with E-state index in [1.54, 1.807) is 56.1 Å². The number of ether oxygens (including phenoxy) is 2. The van der Waals surface area contributed by atoms with E-state index in [2.05, 4.69) is 20.6 Å². The Hall–Kier alpha value is -5.32. The molecule has 5 heterocycles. The molecule has 12 nitrogen and oxygen atoms in total. The molecule has 13 heteroatoms. The van der Waals surface area contributed by atoms with Crippen molar-refractivity contribution in [1.82, 2.24) is 20.2 Å². The summed E-state index contributed by atoms with van der Waals surface area (Å²) >= 11 is 1.19. The van der Waals surface area contributed by atoms with Crippen LogP contribution >= 0.6 is 11.3 Å². The van der Waals surface area contributed by atoms with Crippen molar-refractivity contribution in [3.63, 3.8) is 0 Å². The Morgan fingerprint density at radius 2 is 1.98 bits per heavy atom. The number of carbonyl (C=O) groups excluding carboxylic acids is 3. The second-order valence-corrected chi connectivity index (χ2v) is 13.0. The van der Waals surface area contributed by atoms with Gasteiger partial charge in [-0.1, -0.05) is 18.2 Å². The first-order valence-electron chi connectivity index (χ1n) is 15.7. The van der Waals surface area contributed by atoms with Crippen LogP contribution in [-0.4, -0.2) is 64.1 Å². The molecule has 2 aliphatic rings. The van der Waals surface area contributed by atoms with Crippen molar-refractivity contribution in [3.8, 4) is 17.7 Å². The predicted octanol–water partition coefficient (Wildman–Crippen LogP) is 6.46. The van der Waals surface area contributed by atoms with Gasteiger partial charge in [0.2, 0.25) is 5.88 Å². The maximum absolute atomic E-state index is 13.7. The number of carbonyl (C=O) groups is 3. The van der Waals surface area contributed by atoms with Gasteiger partial charge in [-0.05, 0) is 70.9 Å². The Balaban J connectivity index is 1.22. The van der Waals surface area contributed by atoms with Crippen molar-refractivity contribution >= 4 is 56.5 Å². The van der Waals surface area contributed by atoms with E-state index in [1.807, 2.05) is 43.3 Å². The molecule has 2 N–H and O–H groups in total. The van der Waals surface area contributed by atoms with E-state index in [0.29, 0.717) is 75.5 Å². The molecule has 0 bridgehead atoms. The van der Waals surface area contributed by atoms with E-state index < -0.39 is 17.5 Å². The van der Waals surface area contributed by atoms with E-state index in [1.165, 1.54) is 16.2 Å². The number of nitriles is 1. The van der Waals surface area contributed by atoms with Crippen LogP contribution in [0, 0.1) is 18.3 Å². The van der Waals surface area contributed by atoms with Crippen LogP contribution < -0.4 is 20.3 Å². The molecule has 1 aromatic carbocycles. The quantitative estimate of drug-likeness (QED) is 0.153. The summed E-state index contributed by atoms with van der Waals surface area (Å²) in [5.74, 6) is 0.273. The summed E-state index contributed by atoms with van der Waals surface area (Å²) in [5.41, 5.74) is 1.34. The summed E-state index contributed by atoms with van der Waals surface area (Å²) in [6.07, 6.45) is 4.47. The van der Waals surface area contributed by atoms with Gasteiger partial charge in [-0.2, -0.15) is 5.26 Å². The molecule has 6 rings (SSSR count). The maximum atomic E-state index is 13.7. The number of hydrogen-bond donors (Lipinski definition) is 2. The summed E-state index contributed by atoms with van der Waals surface area (Å²) in [4.78, 5) is 53.8. The highest BCUT2D eigenvalue weighted by atomic mass is 32.1. The lowest BCUT2D eigenvalue weighted by atomic mass is 10.0. The van der Waals surface area contributed by atoms with E-state index in [-0.39, 0.29) is 24.1 Å². The van der Waals surface area contributed by atoms with Crippen molar-refractivity contribution in [2.75, 3.05) is 29.9 Å². The molecule has 4 aromatic rings. The number of pyridine rings is 2. The molecule has 0 aliphatic carbocycles. The number of thiophene rings is 1. The normalized spacial score (nSPS) is 16.4. The van der Waals surface area contributed by atoms with Gasteiger partial charge in [0.1, 0.15) is 27.1 Å². The fraction of sp³-hybridized carbons (Fsp3) is 0.314. The third-order valence-electron chi connectivity index (χ3n) is 8.09. The predicted molar refractivity (Wildman–Crippen MR) is 183 cm³/mol. The number of amides is 4. The van der Waals surface area contributed by atoms with Gasteiger partial charge >= 0.3 is 6.03 Å². The monoisotopic (exact) mass is 665 g/mol. The molecule has 0 saturated carbocycles. The molecule has 246 valence electrons. The van der Waals surface area contributed by atoms with Crippen LogP contribution in [0.3, 0.4) is 0 Å². The first kappa shape index (κ1) is 32.6. The van der Waals surface area contributed by atoms with Crippen LogP contribution in [0.1, 0.15) is 49.0 Å². The molecular weight excluding hydrogens is 630 g/mol. The first-order valence-corrected chi connectivity index (χ1v) is 16.5. The molecule has 3 aromatic heterocycles. The second-order valence-electron chi connectivity index (χ2n) is 12.0. The maximum Gasteiger partial charge on any atom is 0.331 e. The van der Waals surface area contributed by atoms with E-state index in [4.69, 9.17) is 9.47 Å². The smallest absolute Gasteiger partial charge is 0.331 e. The lowest BCUT2D eigenvalue weighted by molar-refractivity contribution is -0.128. The fourth-order valence-electron chi connectivity index (χ4n) is 6.02. The van der Waals surface area contributed by atoms with Gasteiger partial charge in [-0.15, -0.1) is 11.3 Å². The number of benzene rings is 1. The van der Waals surface area contributed by atoms with Crippen molar-refractivity contribution in [2.24, 2.45) is 0 Å². The summed E-state index contributed by atoms with van der Waals surface area (Å²) in [5, 5.41) is 16.3. The minimum Gasteiger partial charge on any atom is -0.439 e. The average Bonchev–Trinajstić information content (AvgIpc) is 3.44. The number of urea groups is 1. The van der Waals surface area contributed by atoms with Crippen molar-refractivity contribution < 1.29 is 23.9 Å². The number of nitrogens with zero attached hydrogens (tertiary/aromatic N) is 5. The Bertz CT molecular complexity index is 1970. The number of aromatic nitrogens is 2. The Kier molecular flexibility index (Phi) is 9.12. The largest absolute Gasteiger partial charge is 0.439 e. The van der Waals surface area contributed by atoms with Crippen molar-refractivity contribution in [2.45, 2.75) is 52.2 Å². The Morgan fingerprint density at radius 1 is 1.19 bits per heavy atom. The minimum absolute atomic E-state index is 0.00373. The molecule has 2 aliphatic heterocycles. The van der Waals surface area contributed by atoms with Gasteiger partial charge in [-0.25, -0.2) is 14.8 Å². The number of nitrogens with one attached hydrogen (secondary N) is 2. The van der Waals surface area contributed by atoms with E-state index in [0.717, 1.165) is 0 Å². The molecule has 0 spiro atoms. The summed E-state index contributed by atoms with van der Waals surface area (Å²) in [6.45, 7) is 8.41. The van der Waals surface area contributed by atoms with Crippen molar-refractivity contribution in [3.05, 3.63) is 76.9 Å². The number of aryl methyl sites for hydroxylation is 1. The van der Waals surface area contributed by atoms with E-state index >= 15 is 0 Å². The molecule has 4 amide bonds. The molecular formula is C35H35N7O5S. The topological polar surface area (TPSA) is 150 Å². The van der Waals surface area contributed by atoms with Gasteiger partial charge in [-0.3, -0.25) is 14.5 Å². The van der Waals surface area contributed by atoms with Crippen LogP contribution in [-0.2, 0) is 9.53 Å². The molecule has 1 unspecified atom stereocenters. The van der Waals surface area contributed by atoms with Gasteiger partial charge in [0.15, 0.2) is 0 Å². The zero-order valence-corrected chi connectivity index (χ0v) is 27.9. The molecule has 1 saturated heterocycles. The highest BCUT2D eigenvalue weighted by Gasteiger charge is 2.35. The fourth-order valence-corrected chi connectivity index (χ4v) is 7.04. The van der Waals surface area contributed by atoms with Gasteiger partial charge in [0, 0.05) is 38.0 Å². The number of rotatable bonds is 9. The SMILES string of the molecule is CCOC(C)(C)C=C(C#N)C(=O)N1CCCC(NC(=O)c2sc3nccc4c3c2NC(=O)N4c2ccc(Oc3ccccc3)nc2C)C1. The van der Waals surface area contributed by atoms with Crippen LogP contribution in [0.25, 0.3) is 10.2 Å². The lowest BCUT2D eigenvalue weighted by Crippen LogP contribution is -2.50. The number of piperidine rings is 1. The third kappa shape index (κ3) is 6.58. The molecule has 0 radical (unpaired) electrons. The van der Waals surface area contributed by atoms with Crippen LogP contribution in [0.15, 0.2) is 66.4 Å². The van der Waals surface area contributed by atoms with Gasteiger partial charge in [0.05, 0.1) is 33.7 Å². The first-order chi connectivity index (χ1) is 23.1. The number of para-hydroxylation sites is 1.